The van der Waals surface area contributed by atoms with Crippen LogP contribution in [0.15, 0.2) is 42.5 Å². The Bertz CT molecular complexity index is 635. The molecule has 0 bridgehead atoms. The van der Waals surface area contributed by atoms with Gasteiger partial charge in [-0.1, -0.05) is 18.3 Å². The summed E-state index contributed by atoms with van der Waals surface area (Å²) >= 11 is 5.02. The zero-order chi connectivity index (χ0) is 14.7. The van der Waals surface area contributed by atoms with Gasteiger partial charge < -0.3 is 16.0 Å². The smallest absolute Gasteiger partial charge is 0.104 e. The maximum atomic E-state index is 5.68. The highest BCUT2D eigenvalue weighted by atomic mass is 32.1. The molecule has 4 heteroatoms. The van der Waals surface area contributed by atoms with Gasteiger partial charge >= 0.3 is 0 Å². The molecule has 0 unspecified atom stereocenters. The van der Waals surface area contributed by atoms with E-state index in [-0.39, 0.29) is 0 Å². The van der Waals surface area contributed by atoms with E-state index in [2.05, 4.69) is 28.4 Å². The normalized spacial score (nSPS) is 10.2. The Hall–Kier alpha value is -2.07. The summed E-state index contributed by atoms with van der Waals surface area (Å²) in [7, 11) is 4.06. The van der Waals surface area contributed by atoms with Gasteiger partial charge in [0.25, 0.3) is 0 Å². The van der Waals surface area contributed by atoms with E-state index < -0.39 is 0 Å². The van der Waals surface area contributed by atoms with E-state index >= 15 is 0 Å². The van der Waals surface area contributed by atoms with Gasteiger partial charge in [0.15, 0.2) is 0 Å². The third kappa shape index (κ3) is 3.27. The largest absolute Gasteiger partial charge is 0.389 e. The number of thiocarbonyl (C=S) groups is 1. The molecule has 0 radical (unpaired) electrons. The Morgan fingerprint density at radius 1 is 1.10 bits per heavy atom. The molecule has 0 atom stereocenters. The number of hydrogen-bond acceptors (Lipinski definition) is 3. The molecule has 2 aromatic rings. The molecule has 0 fully saturated rings. The fraction of sp³-hybridized carbons (Fsp3) is 0.188. The van der Waals surface area contributed by atoms with Crippen LogP contribution in [0.1, 0.15) is 11.1 Å². The molecule has 0 heterocycles. The second kappa shape index (κ2) is 5.92. The van der Waals surface area contributed by atoms with Crippen molar-refractivity contribution in [3.05, 3.63) is 53.6 Å². The van der Waals surface area contributed by atoms with Crippen LogP contribution in [-0.2, 0) is 0 Å². The van der Waals surface area contributed by atoms with Gasteiger partial charge in [0, 0.05) is 36.7 Å². The van der Waals surface area contributed by atoms with Crippen molar-refractivity contribution >= 4 is 34.3 Å². The zero-order valence-corrected chi connectivity index (χ0v) is 12.8. The first kappa shape index (κ1) is 14.3. The van der Waals surface area contributed by atoms with Crippen molar-refractivity contribution in [2.45, 2.75) is 6.92 Å². The number of rotatable bonds is 4. The minimum atomic E-state index is 0.434. The Morgan fingerprint density at radius 2 is 1.80 bits per heavy atom. The second-order valence-electron chi connectivity index (χ2n) is 4.96. The fourth-order valence-electron chi connectivity index (χ4n) is 2.05. The number of hydrogen-bond donors (Lipinski definition) is 2. The summed E-state index contributed by atoms with van der Waals surface area (Å²) in [5.74, 6) is 0. The molecular weight excluding hydrogens is 266 g/mol. The predicted molar refractivity (Wildman–Crippen MR) is 91.1 cm³/mol. The fourth-order valence-corrected chi connectivity index (χ4v) is 2.28. The van der Waals surface area contributed by atoms with E-state index in [9.17, 15) is 0 Å². The third-order valence-corrected chi connectivity index (χ3v) is 3.36. The number of nitrogens with zero attached hydrogens (tertiary/aromatic N) is 1. The van der Waals surface area contributed by atoms with Gasteiger partial charge in [-0.25, -0.2) is 0 Å². The van der Waals surface area contributed by atoms with E-state index in [1.165, 1.54) is 0 Å². The molecule has 0 saturated heterocycles. The second-order valence-corrected chi connectivity index (χ2v) is 5.40. The number of aryl methyl sites for hydroxylation is 1. The van der Waals surface area contributed by atoms with Crippen LogP contribution in [-0.4, -0.2) is 19.1 Å². The van der Waals surface area contributed by atoms with Gasteiger partial charge in [-0.15, -0.1) is 0 Å². The lowest BCUT2D eigenvalue weighted by Crippen LogP contribution is -2.11. The summed E-state index contributed by atoms with van der Waals surface area (Å²) in [5.41, 5.74) is 10.9. The number of nitrogens with two attached hydrogens (primary N) is 1. The van der Waals surface area contributed by atoms with E-state index in [4.69, 9.17) is 18.0 Å². The molecular formula is C16H19N3S. The number of benzene rings is 2. The van der Waals surface area contributed by atoms with Gasteiger partial charge in [-0.3, -0.25) is 0 Å². The van der Waals surface area contributed by atoms with E-state index in [0.29, 0.717) is 4.99 Å². The quantitative estimate of drug-likeness (QED) is 0.844. The molecule has 0 aliphatic heterocycles. The summed E-state index contributed by atoms with van der Waals surface area (Å²) in [4.78, 5) is 2.51. The van der Waals surface area contributed by atoms with E-state index in [1.54, 1.807) is 0 Å². The van der Waals surface area contributed by atoms with Crippen molar-refractivity contribution in [3.63, 3.8) is 0 Å². The van der Waals surface area contributed by atoms with Crippen LogP contribution in [0.2, 0.25) is 0 Å². The summed E-state index contributed by atoms with van der Waals surface area (Å²) < 4.78 is 0. The molecule has 0 saturated carbocycles. The molecule has 20 heavy (non-hydrogen) atoms. The van der Waals surface area contributed by atoms with Crippen molar-refractivity contribution in [3.8, 4) is 0 Å². The van der Waals surface area contributed by atoms with E-state index in [1.807, 2.05) is 45.3 Å². The Kier molecular flexibility index (Phi) is 4.25. The molecule has 0 amide bonds. The van der Waals surface area contributed by atoms with Crippen LogP contribution in [0.4, 0.5) is 17.1 Å². The molecule has 0 aliphatic carbocycles. The van der Waals surface area contributed by atoms with Gasteiger partial charge in [0.05, 0.1) is 0 Å². The van der Waals surface area contributed by atoms with Crippen molar-refractivity contribution in [1.29, 1.82) is 0 Å². The molecule has 3 N–H and O–H groups in total. The highest BCUT2D eigenvalue weighted by Crippen LogP contribution is 2.23. The van der Waals surface area contributed by atoms with Crippen LogP contribution in [0.25, 0.3) is 0 Å². The lowest BCUT2D eigenvalue weighted by Gasteiger charge is -2.15. The first-order chi connectivity index (χ1) is 9.47. The highest BCUT2D eigenvalue weighted by molar-refractivity contribution is 7.80. The van der Waals surface area contributed by atoms with E-state index in [0.717, 1.165) is 28.2 Å². The Labute approximate surface area is 125 Å². The Morgan fingerprint density at radius 3 is 2.40 bits per heavy atom. The molecule has 2 aromatic carbocycles. The lowest BCUT2D eigenvalue weighted by molar-refractivity contribution is 1.13. The highest BCUT2D eigenvalue weighted by Gasteiger charge is 2.03. The maximum absolute atomic E-state index is 5.68. The molecule has 3 nitrogen and oxygen atoms in total. The minimum absolute atomic E-state index is 0.434. The first-order valence-electron chi connectivity index (χ1n) is 6.42. The molecule has 104 valence electrons. The monoisotopic (exact) mass is 285 g/mol. The summed E-state index contributed by atoms with van der Waals surface area (Å²) in [6.07, 6.45) is 0. The number of nitrogens with one attached hydrogen (secondary N) is 1. The maximum Gasteiger partial charge on any atom is 0.104 e. The van der Waals surface area contributed by atoms with Crippen LogP contribution in [0.3, 0.4) is 0 Å². The molecule has 0 spiro atoms. The van der Waals surface area contributed by atoms with Crippen LogP contribution in [0.5, 0.6) is 0 Å². The van der Waals surface area contributed by atoms with Crippen LogP contribution >= 0.6 is 12.2 Å². The average Bonchev–Trinajstić information content (AvgIpc) is 2.38. The zero-order valence-electron chi connectivity index (χ0n) is 12.0. The van der Waals surface area contributed by atoms with Crippen molar-refractivity contribution in [2.24, 2.45) is 5.73 Å². The van der Waals surface area contributed by atoms with Gasteiger partial charge in [-0.2, -0.15) is 0 Å². The first-order valence-corrected chi connectivity index (χ1v) is 6.83. The minimum Gasteiger partial charge on any atom is -0.389 e. The van der Waals surface area contributed by atoms with Crippen molar-refractivity contribution < 1.29 is 0 Å². The molecule has 0 aliphatic rings. The number of anilines is 3. The standard InChI is InChI=1S/C16H19N3S/c1-11-9-13(7-8-15(11)16(17)20)18-12-5-4-6-14(10-12)19(2)3/h4-10,18H,1-3H3,(H2,17,20). The third-order valence-electron chi connectivity index (χ3n) is 3.14. The van der Waals surface area contributed by atoms with Gasteiger partial charge in [0.1, 0.15) is 4.99 Å². The Balaban J connectivity index is 2.24. The van der Waals surface area contributed by atoms with Gasteiger partial charge in [-0.05, 0) is 48.9 Å². The lowest BCUT2D eigenvalue weighted by atomic mass is 10.1. The van der Waals surface area contributed by atoms with Crippen LogP contribution < -0.4 is 16.0 Å². The topological polar surface area (TPSA) is 41.3 Å². The van der Waals surface area contributed by atoms with Gasteiger partial charge in [0.2, 0.25) is 0 Å². The SMILES string of the molecule is Cc1cc(Nc2cccc(N(C)C)c2)ccc1C(N)=S. The average molecular weight is 285 g/mol. The summed E-state index contributed by atoms with van der Waals surface area (Å²) in [6, 6.07) is 14.3. The molecule has 0 aromatic heterocycles. The summed E-state index contributed by atoms with van der Waals surface area (Å²) in [6.45, 7) is 2.01. The predicted octanol–water partition coefficient (Wildman–Crippen LogP) is 3.44. The van der Waals surface area contributed by atoms with Crippen molar-refractivity contribution in [2.75, 3.05) is 24.3 Å². The van der Waals surface area contributed by atoms with Crippen LogP contribution in [0, 0.1) is 6.92 Å². The molecule has 2 rings (SSSR count). The van der Waals surface area contributed by atoms with Crippen molar-refractivity contribution in [1.82, 2.24) is 0 Å². The summed E-state index contributed by atoms with van der Waals surface area (Å²) in [5, 5.41) is 3.40.